The number of furan rings is 1. The van der Waals surface area contributed by atoms with Crippen LogP contribution in [0.2, 0.25) is 0 Å². The minimum absolute atomic E-state index is 0.299. The molecule has 0 amide bonds. The first-order valence-electron chi connectivity index (χ1n) is 7.13. The van der Waals surface area contributed by atoms with Gasteiger partial charge in [-0.25, -0.2) is 4.39 Å². The molecule has 5 heteroatoms. The van der Waals surface area contributed by atoms with Gasteiger partial charge in [-0.05, 0) is 36.4 Å². The largest absolute Gasteiger partial charge is 0.493 e. The summed E-state index contributed by atoms with van der Waals surface area (Å²) in [5.74, 6) is 0.351. The van der Waals surface area contributed by atoms with Gasteiger partial charge in [-0.3, -0.25) is 4.98 Å². The third-order valence-electron chi connectivity index (χ3n) is 3.67. The van der Waals surface area contributed by atoms with Crippen molar-refractivity contribution in [2.24, 2.45) is 0 Å². The highest BCUT2D eigenvalue weighted by Crippen LogP contribution is 2.37. The lowest BCUT2D eigenvalue weighted by Gasteiger charge is -2.06. The monoisotopic (exact) mass is 308 g/mol. The first-order valence-corrected chi connectivity index (χ1v) is 7.13. The molecule has 0 spiro atoms. The molecule has 2 aromatic carbocycles. The second-order valence-electron chi connectivity index (χ2n) is 5.11. The maximum absolute atomic E-state index is 13.4. The molecule has 0 saturated heterocycles. The Morgan fingerprint density at radius 3 is 2.78 bits per heavy atom. The smallest absolute Gasteiger partial charge is 0.179 e. The van der Waals surface area contributed by atoms with Crippen LogP contribution in [0.4, 0.5) is 15.8 Å². The van der Waals surface area contributed by atoms with Gasteiger partial charge in [0.2, 0.25) is 0 Å². The Morgan fingerprint density at radius 1 is 1.09 bits per heavy atom. The van der Waals surface area contributed by atoms with Crippen LogP contribution in [-0.4, -0.2) is 12.1 Å². The van der Waals surface area contributed by atoms with Crippen LogP contribution in [0.15, 0.2) is 59.1 Å². The Labute approximate surface area is 131 Å². The van der Waals surface area contributed by atoms with E-state index in [9.17, 15) is 4.39 Å². The van der Waals surface area contributed by atoms with Gasteiger partial charge in [0, 0.05) is 11.9 Å². The van der Waals surface area contributed by atoms with Crippen molar-refractivity contribution >= 4 is 33.4 Å². The van der Waals surface area contributed by atoms with Crippen molar-refractivity contribution in [1.29, 1.82) is 0 Å². The molecule has 0 saturated carbocycles. The van der Waals surface area contributed by atoms with Crippen molar-refractivity contribution in [2.45, 2.75) is 0 Å². The Morgan fingerprint density at radius 2 is 1.96 bits per heavy atom. The van der Waals surface area contributed by atoms with Crippen molar-refractivity contribution in [3.63, 3.8) is 0 Å². The van der Waals surface area contributed by atoms with Crippen molar-refractivity contribution < 1.29 is 13.5 Å². The van der Waals surface area contributed by atoms with Crippen LogP contribution in [0, 0.1) is 5.82 Å². The highest BCUT2D eigenvalue weighted by Gasteiger charge is 2.15. The maximum atomic E-state index is 13.4. The normalized spacial score (nSPS) is 11.0. The molecule has 2 heterocycles. The van der Waals surface area contributed by atoms with Crippen LogP contribution >= 0.6 is 0 Å². The summed E-state index contributed by atoms with van der Waals surface area (Å²) >= 11 is 0. The summed E-state index contributed by atoms with van der Waals surface area (Å²) in [6.07, 6.45) is 1.69. The van der Waals surface area contributed by atoms with E-state index in [2.05, 4.69) is 10.3 Å². The summed E-state index contributed by atoms with van der Waals surface area (Å²) in [6, 6.07) is 13.7. The van der Waals surface area contributed by atoms with Crippen molar-refractivity contribution in [2.75, 3.05) is 12.4 Å². The SMILES string of the molecule is COc1cccc2c1oc1c(Nc3cccc(F)c3)ccnc12. The number of aromatic nitrogens is 1. The number of para-hydroxylation sites is 1. The first kappa shape index (κ1) is 13.6. The zero-order chi connectivity index (χ0) is 15.8. The van der Waals surface area contributed by atoms with Crippen LogP contribution in [-0.2, 0) is 0 Å². The van der Waals surface area contributed by atoms with Gasteiger partial charge >= 0.3 is 0 Å². The van der Waals surface area contributed by atoms with E-state index in [4.69, 9.17) is 9.15 Å². The first-order chi connectivity index (χ1) is 11.3. The van der Waals surface area contributed by atoms with Gasteiger partial charge in [0.15, 0.2) is 16.9 Å². The summed E-state index contributed by atoms with van der Waals surface area (Å²) in [4.78, 5) is 4.40. The van der Waals surface area contributed by atoms with Crippen molar-refractivity contribution in [3.05, 3.63) is 60.5 Å². The van der Waals surface area contributed by atoms with E-state index in [1.54, 1.807) is 31.5 Å². The third kappa shape index (κ3) is 2.26. The highest BCUT2D eigenvalue weighted by atomic mass is 19.1. The molecule has 0 bridgehead atoms. The maximum Gasteiger partial charge on any atom is 0.179 e. The van der Waals surface area contributed by atoms with Crippen molar-refractivity contribution in [3.8, 4) is 5.75 Å². The zero-order valence-corrected chi connectivity index (χ0v) is 12.3. The molecule has 4 rings (SSSR count). The topological polar surface area (TPSA) is 47.3 Å². The number of rotatable bonds is 3. The number of anilines is 2. The Balaban J connectivity index is 1.90. The Kier molecular flexibility index (Phi) is 3.12. The lowest BCUT2D eigenvalue weighted by Crippen LogP contribution is -1.91. The molecular formula is C18H13FN2O2. The van der Waals surface area contributed by atoms with Crippen LogP contribution in [0.5, 0.6) is 5.75 Å². The summed E-state index contributed by atoms with van der Waals surface area (Å²) < 4.78 is 24.7. The molecule has 2 aromatic heterocycles. The van der Waals surface area contributed by atoms with E-state index >= 15 is 0 Å². The van der Waals surface area contributed by atoms with Gasteiger partial charge in [0.25, 0.3) is 0 Å². The molecule has 0 aliphatic rings. The molecule has 114 valence electrons. The predicted molar refractivity (Wildman–Crippen MR) is 87.7 cm³/mol. The predicted octanol–water partition coefficient (Wildman–Crippen LogP) is 4.87. The van der Waals surface area contributed by atoms with Gasteiger partial charge in [0.05, 0.1) is 18.2 Å². The summed E-state index contributed by atoms with van der Waals surface area (Å²) in [5, 5.41) is 4.05. The van der Waals surface area contributed by atoms with E-state index in [0.717, 1.165) is 16.6 Å². The average Bonchev–Trinajstić information content (AvgIpc) is 2.95. The van der Waals surface area contributed by atoms with Crippen LogP contribution < -0.4 is 10.1 Å². The van der Waals surface area contributed by atoms with E-state index in [-0.39, 0.29) is 5.82 Å². The van der Waals surface area contributed by atoms with E-state index in [1.165, 1.54) is 12.1 Å². The number of hydrogen-bond acceptors (Lipinski definition) is 4. The quantitative estimate of drug-likeness (QED) is 0.586. The molecule has 4 aromatic rings. The van der Waals surface area contributed by atoms with Crippen molar-refractivity contribution in [1.82, 2.24) is 4.98 Å². The number of fused-ring (bicyclic) bond motifs is 3. The van der Waals surface area contributed by atoms with Crippen LogP contribution in [0.1, 0.15) is 0 Å². The standard InChI is InChI=1S/C18H13FN2O2/c1-22-15-7-3-6-13-16-18(23-17(13)15)14(8-9-20-16)21-12-5-2-4-11(19)10-12/h2-10H,1H3,(H,20,21). The molecule has 1 N–H and O–H groups in total. The minimum atomic E-state index is -0.299. The number of nitrogens with one attached hydrogen (secondary N) is 1. The molecule has 0 fully saturated rings. The number of ether oxygens (including phenoxy) is 1. The molecule has 0 unspecified atom stereocenters. The number of pyridine rings is 1. The molecular weight excluding hydrogens is 295 g/mol. The molecule has 4 nitrogen and oxygen atoms in total. The van der Waals surface area contributed by atoms with Gasteiger partial charge in [0.1, 0.15) is 11.3 Å². The number of halogens is 1. The minimum Gasteiger partial charge on any atom is -0.493 e. The number of benzene rings is 2. The third-order valence-corrected chi connectivity index (χ3v) is 3.67. The summed E-state index contributed by atoms with van der Waals surface area (Å²) in [5.41, 5.74) is 3.35. The molecule has 0 aliphatic heterocycles. The second-order valence-corrected chi connectivity index (χ2v) is 5.11. The molecule has 0 atom stereocenters. The lowest BCUT2D eigenvalue weighted by atomic mass is 10.2. The fourth-order valence-electron chi connectivity index (χ4n) is 2.63. The average molecular weight is 308 g/mol. The molecule has 0 radical (unpaired) electrons. The summed E-state index contributed by atoms with van der Waals surface area (Å²) in [6.45, 7) is 0. The van der Waals surface area contributed by atoms with Gasteiger partial charge in [-0.1, -0.05) is 12.1 Å². The summed E-state index contributed by atoms with van der Waals surface area (Å²) in [7, 11) is 1.60. The molecule has 23 heavy (non-hydrogen) atoms. The van der Waals surface area contributed by atoms with E-state index in [0.29, 0.717) is 22.6 Å². The van der Waals surface area contributed by atoms with Gasteiger partial charge < -0.3 is 14.5 Å². The van der Waals surface area contributed by atoms with Crippen LogP contribution in [0.25, 0.3) is 22.1 Å². The van der Waals surface area contributed by atoms with Crippen LogP contribution in [0.3, 0.4) is 0 Å². The molecule has 0 aliphatic carbocycles. The van der Waals surface area contributed by atoms with E-state index in [1.807, 2.05) is 18.2 Å². The second kappa shape index (κ2) is 5.28. The Hall–Kier alpha value is -3.08. The fraction of sp³-hybridized carbons (Fsp3) is 0.0556. The zero-order valence-electron chi connectivity index (χ0n) is 12.3. The lowest BCUT2D eigenvalue weighted by molar-refractivity contribution is 0.412. The fourth-order valence-corrected chi connectivity index (χ4v) is 2.63. The number of nitrogens with zero attached hydrogens (tertiary/aromatic N) is 1. The van der Waals surface area contributed by atoms with E-state index < -0.39 is 0 Å². The number of methoxy groups -OCH3 is 1. The highest BCUT2D eigenvalue weighted by molar-refractivity contribution is 6.08. The van der Waals surface area contributed by atoms with Gasteiger partial charge in [-0.15, -0.1) is 0 Å². The number of hydrogen-bond donors (Lipinski definition) is 1. The van der Waals surface area contributed by atoms with Gasteiger partial charge in [-0.2, -0.15) is 0 Å². The Bertz CT molecular complexity index is 1010.